The monoisotopic (exact) mass is 695 g/mol. The van der Waals surface area contributed by atoms with Gasteiger partial charge in [0.2, 0.25) is 0 Å². The molecule has 0 radical (unpaired) electrons. The predicted molar refractivity (Wildman–Crippen MR) is 228 cm³/mol. The summed E-state index contributed by atoms with van der Waals surface area (Å²) in [5.74, 6) is 0. The highest BCUT2D eigenvalue weighted by Crippen LogP contribution is 2.57. The van der Waals surface area contributed by atoms with Gasteiger partial charge in [-0.05, 0) is 104 Å². The molecule has 1 aliphatic rings. The summed E-state index contributed by atoms with van der Waals surface area (Å²) in [5.41, 5.74) is 16.2. The van der Waals surface area contributed by atoms with E-state index >= 15 is 0 Å². The lowest BCUT2D eigenvalue weighted by Gasteiger charge is -2.28. The molecule has 0 spiro atoms. The van der Waals surface area contributed by atoms with E-state index in [-0.39, 0.29) is 5.41 Å². The van der Waals surface area contributed by atoms with Gasteiger partial charge in [-0.15, -0.1) is 11.3 Å². The second-order valence-electron chi connectivity index (χ2n) is 14.5. The van der Waals surface area contributed by atoms with Crippen LogP contribution < -0.4 is 4.90 Å². The number of para-hydroxylation sites is 1. The molecule has 0 N–H and O–H groups in total. The summed E-state index contributed by atoms with van der Waals surface area (Å²) in [6.45, 7) is 4.81. The lowest BCUT2D eigenvalue weighted by atomic mass is 9.81. The van der Waals surface area contributed by atoms with Crippen molar-refractivity contribution < 1.29 is 0 Å². The first-order valence-electron chi connectivity index (χ1n) is 18.3. The molecule has 0 atom stereocenters. The number of anilines is 3. The summed E-state index contributed by atoms with van der Waals surface area (Å²) in [5, 5.41) is 2.70. The molecule has 0 bridgehead atoms. The zero-order valence-corrected chi connectivity index (χ0v) is 30.6. The molecular weight excluding hydrogens is 659 g/mol. The van der Waals surface area contributed by atoms with Crippen LogP contribution in [0.4, 0.5) is 17.1 Å². The van der Waals surface area contributed by atoms with E-state index in [1.54, 1.807) is 0 Å². The van der Waals surface area contributed by atoms with E-state index in [1.807, 2.05) is 11.3 Å². The molecule has 2 heteroatoms. The normalized spacial score (nSPS) is 12.9. The average Bonchev–Trinajstić information content (AvgIpc) is 3.70. The number of nitrogens with zero attached hydrogens (tertiary/aromatic N) is 1. The maximum Gasteiger partial charge on any atom is 0.0465 e. The summed E-state index contributed by atoms with van der Waals surface area (Å²) in [7, 11) is 0. The van der Waals surface area contributed by atoms with Gasteiger partial charge in [-0.2, -0.15) is 0 Å². The minimum Gasteiger partial charge on any atom is -0.310 e. The molecule has 0 unspecified atom stereocenters. The van der Waals surface area contributed by atoms with Gasteiger partial charge >= 0.3 is 0 Å². The fourth-order valence-electron chi connectivity index (χ4n) is 8.42. The predicted octanol–water partition coefficient (Wildman–Crippen LogP) is 14.8. The topological polar surface area (TPSA) is 3.24 Å². The minimum absolute atomic E-state index is 0.188. The average molecular weight is 696 g/mol. The number of hydrogen-bond acceptors (Lipinski definition) is 2. The summed E-state index contributed by atoms with van der Waals surface area (Å²) < 4.78 is 2.69. The smallest absolute Gasteiger partial charge is 0.0465 e. The van der Waals surface area contributed by atoms with Crippen molar-refractivity contribution >= 4 is 48.6 Å². The van der Waals surface area contributed by atoms with Gasteiger partial charge in [0.25, 0.3) is 0 Å². The molecule has 10 rings (SSSR count). The SMILES string of the molecule is CC1(C)c2cc(N(c3ccccc3)c3ccc(-c4ccc(-c5ccccc5)cc4)cc3)ccc2-c2c1cc1sc3ccccc3c1c2-c1ccccc1. The van der Waals surface area contributed by atoms with Crippen LogP contribution in [0.25, 0.3) is 64.7 Å². The molecule has 0 saturated heterocycles. The molecule has 1 heterocycles. The van der Waals surface area contributed by atoms with Crippen LogP contribution in [0.3, 0.4) is 0 Å². The van der Waals surface area contributed by atoms with E-state index in [4.69, 9.17) is 0 Å². The highest BCUT2D eigenvalue weighted by Gasteiger charge is 2.39. The standard InChI is InChI=1S/C51H37NS/c1-51(2)44-32-41(30-31-42(44)49-45(51)33-47-50(43-20-12-13-21-46(43)53-47)48(49)38-16-8-4-9-17-38)52(39-18-10-5-11-19-39)40-28-26-37(27-29-40)36-24-22-35(23-25-36)34-14-6-3-7-15-34/h3-33H,1-2H3. The van der Waals surface area contributed by atoms with Crippen LogP contribution in [-0.2, 0) is 5.41 Å². The Morgan fingerprint density at radius 1 is 0.396 bits per heavy atom. The lowest BCUT2D eigenvalue weighted by molar-refractivity contribution is 0.661. The molecule has 1 aromatic heterocycles. The largest absolute Gasteiger partial charge is 0.310 e. The van der Waals surface area contributed by atoms with Crippen LogP contribution in [0.5, 0.6) is 0 Å². The first-order chi connectivity index (χ1) is 26.0. The third-order valence-corrected chi connectivity index (χ3v) is 12.2. The van der Waals surface area contributed by atoms with Gasteiger partial charge in [-0.25, -0.2) is 0 Å². The molecule has 0 amide bonds. The van der Waals surface area contributed by atoms with Crippen LogP contribution in [0.1, 0.15) is 25.0 Å². The maximum atomic E-state index is 2.49. The molecule has 1 aliphatic carbocycles. The molecule has 1 nitrogen and oxygen atoms in total. The lowest BCUT2D eigenvalue weighted by Crippen LogP contribution is -2.16. The van der Waals surface area contributed by atoms with Gasteiger partial charge in [-0.1, -0.05) is 153 Å². The minimum atomic E-state index is -0.188. The van der Waals surface area contributed by atoms with Crippen LogP contribution in [-0.4, -0.2) is 0 Å². The van der Waals surface area contributed by atoms with Crippen molar-refractivity contribution in [1.82, 2.24) is 0 Å². The number of rotatable bonds is 6. The molecule has 0 saturated carbocycles. The molecule has 0 aliphatic heterocycles. The second-order valence-corrected chi connectivity index (χ2v) is 15.6. The van der Waals surface area contributed by atoms with E-state index in [9.17, 15) is 0 Å². The van der Waals surface area contributed by atoms with Crippen molar-refractivity contribution in [1.29, 1.82) is 0 Å². The summed E-state index contributed by atoms with van der Waals surface area (Å²) >= 11 is 1.91. The number of benzene rings is 8. The first-order valence-corrected chi connectivity index (χ1v) is 19.2. The van der Waals surface area contributed by atoms with Crippen molar-refractivity contribution in [2.24, 2.45) is 0 Å². The van der Waals surface area contributed by atoms with Crippen molar-refractivity contribution in [3.63, 3.8) is 0 Å². The third-order valence-electron chi connectivity index (χ3n) is 11.1. The van der Waals surface area contributed by atoms with E-state index in [0.717, 1.165) is 17.1 Å². The first kappa shape index (κ1) is 31.5. The summed E-state index contributed by atoms with van der Waals surface area (Å²) in [6, 6.07) is 68.7. The molecule has 53 heavy (non-hydrogen) atoms. The second kappa shape index (κ2) is 12.5. The fraction of sp³-hybridized carbons (Fsp3) is 0.0588. The van der Waals surface area contributed by atoms with Crippen molar-refractivity contribution in [2.75, 3.05) is 4.90 Å². The van der Waals surface area contributed by atoms with Gasteiger partial charge in [0.15, 0.2) is 0 Å². The summed E-state index contributed by atoms with van der Waals surface area (Å²) in [4.78, 5) is 2.39. The Balaban J connectivity index is 1.09. The Labute approximate surface area is 315 Å². The number of thiophene rings is 1. The van der Waals surface area contributed by atoms with Gasteiger partial charge in [0, 0.05) is 42.6 Å². The van der Waals surface area contributed by atoms with E-state index < -0.39 is 0 Å². The van der Waals surface area contributed by atoms with Crippen molar-refractivity contribution in [3.8, 4) is 44.5 Å². The van der Waals surface area contributed by atoms with Crippen LogP contribution in [0, 0.1) is 0 Å². The molecule has 9 aromatic rings. The Hall–Kier alpha value is -6.22. The van der Waals surface area contributed by atoms with Gasteiger partial charge < -0.3 is 4.90 Å². The highest BCUT2D eigenvalue weighted by atomic mass is 32.1. The molecule has 252 valence electrons. The third kappa shape index (κ3) is 5.21. The van der Waals surface area contributed by atoms with Crippen LogP contribution >= 0.6 is 11.3 Å². The maximum absolute atomic E-state index is 2.49. The van der Waals surface area contributed by atoms with Crippen LogP contribution in [0.15, 0.2) is 188 Å². The molecule has 8 aromatic carbocycles. The molecular formula is C51H37NS. The fourth-order valence-corrected chi connectivity index (χ4v) is 9.57. The van der Waals surface area contributed by atoms with Crippen molar-refractivity contribution in [2.45, 2.75) is 19.3 Å². The van der Waals surface area contributed by atoms with Crippen molar-refractivity contribution in [3.05, 3.63) is 199 Å². The molecule has 0 fully saturated rings. The number of fused-ring (bicyclic) bond motifs is 6. The quantitative estimate of drug-likeness (QED) is 0.167. The van der Waals surface area contributed by atoms with Gasteiger partial charge in [0.05, 0.1) is 0 Å². The van der Waals surface area contributed by atoms with E-state index in [0.29, 0.717) is 0 Å². The zero-order chi connectivity index (χ0) is 35.5. The Kier molecular flexibility index (Phi) is 7.42. The van der Waals surface area contributed by atoms with E-state index in [2.05, 4.69) is 207 Å². The zero-order valence-electron chi connectivity index (χ0n) is 29.8. The number of hydrogen-bond donors (Lipinski definition) is 0. The highest BCUT2D eigenvalue weighted by molar-refractivity contribution is 7.26. The van der Waals surface area contributed by atoms with E-state index in [1.165, 1.54) is 75.8 Å². The van der Waals surface area contributed by atoms with Gasteiger partial charge in [0.1, 0.15) is 0 Å². The Morgan fingerprint density at radius 2 is 0.906 bits per heavy atom. The Morgan fingerprint density at radius 3 is 1.57 bits per heavy atom. The summed E-state index contributed by atoms with van der Waals surface area (Å²) in [6.07, 6.45) is 0. The van der Waals surface area contributed by atoms with Crippen LogP contribution in [0.2, 0.25) is 0 Å². The van der Waals surface area contributed by atoms with Gasteiger partial charge in [-0.3, -0.25) is 0 Å². The Bertz CT molecular complexity index is 2760.